The van der Waals surface area contributed by atoms with Crippen LogP contribution >= 0.6 is 46.4 Å². The number of hydrogen-bond acceptors (Lipinski definition) is 8. The number of hydrogen-bond donors (Lipinski definition) is 2. The van der Waals surface area contributed by atoms with Gasteiger partial charge in [-0.2, -0.15) is 10.5 Å². The van der Waals surface area contributed by atoms with Crippen LogP contribution in [0.15, 0.2) is 85.2 Å². The van der Waals surface area contributed by atoms with Crippen molar-refractivity contribution in [2.24, 2.45) is 0 Å². The van der Waals surface area contributed by atoms with Gasteiger partial charge >= 0.3 is 0 Å². The SMILES string of the molecule is CCCCCCC(C)Oc1ccc(-c2[nH]/c(=C(/C#N)c3cnc4cc(Cl)c(Cl)cc4n3)c3c(-c4ccc(OC(C)C)cc4)[nH]/c(=C(/C#N)c4cnc5cc(Cl)c(Cl)cc5n4)c23)cc1. The van der Waals surface area contributed by atoms with E-state index >= 15 is 0 Å². The van der Waals surface area contributed by atoms with Gasteiger partial charge in [0.2, 0.25) is 0 Å². The van der Waals surface area contributed by atoms with E-state index in [1.54, 1.807) is 24.3 Å². The average molecular weight is 915 g/mol. The first-order valence-electron chi connectivity index (χ1n) is 20.6. The number of unbranched alkanes of at least 4 members (excludes halogenated alkanes) is 3. The molecule has 1 atom stereocenters. The zero-order valence-corrected chi connectivity index (χ0v) is 37.8. The summed E-state index contributed by atoms with van der Waals surface area (Å²) in [5.74, 6) is 1.42. The third-order valence-electron chi connectivity index (χ3n) is 10.6. The maximum Gasteiger partial charge on any atom is 0.119 e. The molecule has 2 N–H and O–H groups in total. The summed E-state index contributed by atoms with van der Waals surface area (Å²) in [5.41, 5.74) is 5.72. The lowest BCUT2D eigenvalue weighted by atomic mass is 10.0. The lowest BCUT2D eigenvalue weighted by molar-refractivity contribution is 0.206. The van der Waals surface area contributed by atoms with Crippen LogP contribution in [-0.2, 0) is 0 Å². The molecular formula is C49H40Cl4N8O2. The minimum absolute atomic E-state index is 0.0345. The van der Waals surface area contributed by atoms with Gasteiger partial charge < -0.3 is 19.4 Å². The minimum atomic E-state index is -0.0345. The van der Waals surface area contributed by atoms with Crippen molar-refractivity contribution in [3.8, 4) is 46.2 Å². The van der Waals surface area contributed by atoms with Crippen molar-refractivity contribution in [2.75, 3.05) is 0 Å². The molecule has 63 heavy (non-hydrogen) atoms. The van der Waals surface area contributed by atoms with Crippen LogP contribution in [0.3, 0.4) is 0 Å². The van der Waals surface area contributed by atoms with E-state index in [4.69, 9.17) is 65.8 Å². The fourth-order valence-electron chi connectivity index (χ4n) is 7.62. The van der Waals surface area contributed by atoms with Crippen LogP contribution in [0.4, 0.5) is 0 Å². The highest BCUT2D eigenvalue weighted by Gasteiger charge is 2.24. The van der Waals surface area contributed by atoms with E-state index in [-0.39, 0.29) is 23.4 Å². The second-order valence-corrected chi connectivity index (χ2v) is 17.1. The summed E-state index contributed by atoms with van der Waals surface area (Å²) in [6.45, 7) is 8.22. The molecule has 8 aromatic rings. The van der Waals surface area contributed by atoms with Crippen LogP contribution in [0.2, 0.25) is 20.1 Å². The number of ether oxygens (including phenoxy) is 2. The molecule has 316 valence electrons. The van der Waals surface area contributed by atoms with E-state index in [2.05, 4.69) is 45.9 Å². The number of aromatic amines is 2. The van der Waals surface area contributed by atoms with Gasteiger partial charge in [-0.15, -0.1) is 0 Å². The van der Waals surface area contributed by atoms with Gasteiger partial charge in [-0.1, -0.05) is 72.6 Å². The summed E-state index contributed by atoms with van der Waals surface area (Å²) >= 11 is 25.5. The first-order valence-corrected chi connectivity index (χ1v) is 22.1. The molecule has 8 rings (SSSR count). The smallest absolute Gasteiger partial charge is 0.119 e. The van der Waals surface area contributed by atoms with Crippen molar-refractivity contribution < 1.29 is 9.47 Å². The van der Waals surface area contributed by atoms with Crippen LogP contribution in [-0.4, -0.2) is 42.1 Å². The molecule has 0 amide bonds. The Kier molecular flexibility index (Phi) is 12.9. The lowest BCUT2D eigenvalue weighted by Gasteiger charge is -2.15. The number of nitriles is 2. The fourth-order valence-corrected chi connectivity index (χ4v) is 8.25. The van der Waals surface area contributed by atoms with Gasteiger partial charge in [0, 0.05) is 10.8 Å². The molecule has 4 aromatic carbocycles. The average Bonchev–Trinajstić information content (AvgIpc) is 3.84. The number of fused-ring (bicyclic) bond motifs is 3. The molecule has 4 aromatic heterocycles. The predicted molar refractivity (Wildman–Crippen MR) is 253 cm³/mol. The van der Waals surface area contributed by atoms with Crippen LogP contribution in [0, 0.1) is 22.7 Å². The fraction of sp³-hybridized carbons (Fsp3) is 0.224. The van der Waals surface area contributed by atoms with Gasteiger partial charge in [-0.05, 0) is 118 Å². The van der Waals surface area contributed by atoms with E-state index in [9.17, 15) is 10.5 Å². The van der Waals surface area contributed by atoms with E-state index in [0.29, 0.717) is 92.2 Å². The first-order chi connectivity index (χ1) is 30.5. The maximum atomic E-state index is 11.1. The molecule has 0 aliphatic heterocycles. The number of halogens is 4. The minimum Gasteiger partial charge on any atom is -0.491 e. The largest absolute Gasteiger partial charge is 0.491 e. The summed E-state index contributed by atoms with van der Waals surface area (Å²) < 4.78 is 12.3. The molecule has 10 nitrogen and oxygen atoms in total. The Hall–Kier alpha value is -6.14. The molecule has 0 fully saturated rings. The number of nitrogens with one attached hydrogen (secondary N) is 2. The van der Waals surface area contributed by atoms with E-state index in [1.165, 1.54) is 31.7 Å². The molecule has 0 radical (unpaired) electrons. The van der Waals surface area contributed by atoms with Gasteiger partial charge in [0.25, 0.3) is 0 Å². The Labute approximate surface area is 383 Å². The second-order valence-electron chi connectivity index (χ2n) is 15.5. The Bertz CT molecular complexity index is 3130. The number of nitrogens with zero attached hydrogens (tertiary/aromatic N) is 6. The van der Waals surface area contributed by atoms with Crippen molar-refractivity contribution in [2.45, 2.75) is 72.0 Å². The third-order valence-corrected chi connectivity index (χ3v) is 12.1. The molecule has 0 aliphatic rings. The molecule has 1 unspecified atom stereocenters. The summed E-state index contributed by atoms with van der Waals surface area (Å²) in [6, 6.07) is 26.8. The molecule has 0 bridgehead atoms. The summed E-state index contributed by atoms with van der Waals surface area (Å²) in [5, 5.41) is 25.6. The maximum absolute atomic E-state index is 11.1. The summed E-state index contributed by atoms with van der Waals surface area (Å²) in [4.78, 5) is 26.1. The molecule has 0 saturated heterocycles. The topological polar surface area (TPSA) is 149 Å². The third kappa shape index (κ3) is 9.04. The zero-order chi connectivity index (χ0) is 44.4. The van der Waals surface area contributed by atoms with Gasteiger partial charge in [-0.25, -0.2) is 9.97 Å². The molecule has 0 aliphatic carbocycles. The van der Waals surface area contributed by atoms with Gasteiger partial charge in [0.1, 0.15) is 46.2 Å². The predicted octanol–water partition coefficient (Wildman–Crippen LogP) is 12.3. The summed E-state index contributed by atoms with van der Waals surface area (Å²) in [7, 11) is 0. The standard InChI is InChI=1S/C49H40Cl4N8O2/c1-5-6-7-8-9-27(4)63-31-16-12-29(13-17-31)47-45-44(48(61-47)32(22-54)42-24-56-38-18-34(50)36(52)20-40(38)58-42)46(28-10-14-30(15-11-28)62-26(2)3)60-49(45)33(23-55)43-25-57-39-19-35(51)37(53)21-41(39)59-43/h10-21,24-27,60-61H,5-9H2,1-4H3/b48-32-,49-33-. The molecule has 0 saturated carbocycles. The van der Waals surface area contributed by atoms with Crippen LogP contribution in [0.25, 0.3) is 66.5 Å². The number of aromatic nitrogens is 6. The number of H-pyrrole nitrogens is 2. The lowest BCUT2D eigenvalue weighted by Crippen LogP contribution is -2.12. The number of benzene rings is 4. The Balaban J connectivity index is 1.43. The monoisotopic (exact) mass is 912 g/mol. The summed E-state index contributed by atoms with van der Waals surface area (Å²) in [6.07, 6.45) is 8.68. The normalized spacial score (nSPS) is 13.0. The van der Waals surface area contributed by atoms with Crippen LogP contribution in [0.1, 0.15) is 71.2 Å². The van der Waals surface area contributed by atoms with Crippen molar-refractivity contribution in [3.63, 3.8) is 0 Å². The molecule has 4 heterocycles. The van der Waals surface area contributed by atoms with Crippen molar-refractivity contribution in [3.05, 3.63) is 127 Å². The van der Waals surface area contributed by atoms with Gasteiger partial charge in [-0.3, -0.25) is 9.97 Å². The highest BCUT2D eigenvalue weighted by molar-refractivity contribution is 6.43. The van der Waals surface area contributed by atoms with E-state index in [1.807, 2.05) is 62.4 Å². The highest BCUT2D eigenvalue weighted by atomic mass is 35.5. The van der Waals surface area contributed by atoms with Crippen molar-refractivity contribution in [1.29, 1.82) is 10.5 Å². The van der Waals surface area contributed by atoms with Crippen molar-refractivity contribution in [1.82, 2.24) is 29.9 Å². The van der Waals surface area contributed by atoms with E-state index < -0.39 is 0 Å². The first kappa shape index (κ1) is 43.5. The van der Waals surface area contributed by atoms with Crippen LogP contribution in [0.5, 0.6) is 11.5 Å². The Morgan fingerprint density at radius 3 is 1.44 bits per heavy atom. The van der Waals surface area contributed by atoms with Gasteiger partial charge in [0.05, 0.1) is 88.8 Å². The molecule has 0 spiro atoms. The van der Waals surface area contributed by atoms with Gasteiger partial charge in [0.15, 0.2) is 0 Å². The Morgan fingerprint density at radius 2 is 1.03 bits per heavy atom. The highest BCUT2D eigenvalue weighted by Crippen LogP contribution is 2.35. The molecular weight excluding hydrogens is 874 g/mol. The van der Waals surface area contributed by atoms with Crippen LogP contribution < -0.4 is 20.2 Å². The quantitative estimate of drug-likeness (QED) is 0.109. The van der Waals surface area contributed by atoms with Crippen molar-refractivity contribution >= 4 is 90.4 Å². The van der Waals surface area contributed by atoms with E-state index in [0.717, 1.165) is 29.7 Å². The number of rotatable bonds is 13. The Morgan fingerprint density at radius 1 is 0.603 bits per heavy atom. The second kappa shape index (κ2) is 18.7. The zero-order valence-electron chi connectivity index (χ0n) is 34.8. The molecule has 14 heteroatoms.